The fraction of sp³-hybridized carbons (Fsp3) is 0.500. The number of hydrogen-bond acceptors (Lipinski definition) is 11. The standard InChI is InChI=1S/C34H45N5O9/c1-10-46-33(44)22(12-15(3)4)37-31(42)20-14-21(36-19(9)40)17(7)29-26(20)39-27-24(25(35)28(41)18(8)30(27)48-29)32(43)38-23(13-16(5)6)34(45)47-11-2/h14-16,22-23H,10-13,35H2,1-9H3,(H,36,40)(H,37,42)(H,38,43)/t22-,23-/m1/s1. The summed E-state index contributed by atoms with van der Waals surface area (Å²) in [5.74, 6) is -3.37. The summed E-state index contributed by atoms with van der Waals surface area (Å²) in [4.78, 5) is 83.3. The first-order chi connectivity index (χ1) is 22.5. The molecule has 0 aromatic heterocycles. The Morgan fingerprint density at radius 1 is 0.875 bits per heavy atom. The minimum Gasteiger partial charge on any atom is -0.464 e. The molecule has 14 heteroatoms. The zero-order valence-corrected chi connectivity index (χ0v) is 28.9. The van der Waals surface area contributed by atoms with E-state index in [0.29, 0.717) is 5.56 Å². The first-order valence-electron chi connectivity index (χ1n) is 15.9. The van der Waals surface area contributed by atoms with Gasteiger partial charge >= 0.3 is 11.9 Å². The average Bonchev–Trinajstić information content (AvgIpc) is 2.99. The van der Waals surface area contributed by atoms with Crippen LogP contribution in [-0.2, 0) is 23.9 Å². The summed E-state index contributed by atoms with van der Waals surface area (Å²) in [5.41, 5.74) is 5.21. The molecule has 3 rings (SSSR count). The Balaban J connectivity index is 2.35. The lowest BCUT2D eigenvalue weighted by atomic mass is 9.98. The second-order valence-electron chi connectivity index (χ2n) is 12.4. The number of nitrogen functional groups attached to an aromatic ring is 1. The molecular weight excluding hydrogens is 622 g/mol. The van der Waals surface area contributed by atoms with Gasteiger partial charge in [0.1, 0.15) is 23.3 Å². The van der Waals surface area contributed by atoms with Crippen LogP contribution in [0.3, 0.4) is 0 Å². The van der Waals surface area contributed by atoms with Crippen LogP contribution in [0.4, 0.5) is 11.4 Å². The number of esters is 2. The Morgan fingerprint density at radius 3 is 1.88 bits per heavy atom. The predicted octanol–water partition coefficient (Wildman–Crippen LogP) is 3.87. The predicted molar refractivity (Wildman–Crippen MR) is 180 cm³/mol. The van der Waals surface area contributed by atoms with Crippen molar-refractivity contribution in [1.29, 1.82) is 0 Å². The molecule has 14 nitrogen and oxygen atoms in total. The van der Waals surface area contributed by atoms with Gasteiger partial charge in [0, 0.05) is 23.7 Å². The SMILES string of the molecule is CCOC(=O)[C@@H](CC(C)C)NC(=O)c1c2nc3c(C(=O)N[C@H](CC(C)C)C(=O)OCC)cc(NC(C)=O)c(C)c3oc-2c(C)c(=O)c1N. The third-order valence-electron chi connectivity index (χ3n) is 7.53. The van der Waals surface area contributed by atoms with Crippen LogP contribution in [0.25, 0.3) is 22.6 Å². The smallest absolute Gasteiger partial charge is 0.328 e. The van der Waals surface area contributed by atoms with E-state index < -0.39 is 52.9 Å². The minimum atomic E-state index is -1.05. The number of nitrogens with two attached hydrogens (primary N) is 1. The van der Waals surface area contributed by atoms with E-state index in [-0.39, 0.29) is 82.8 Å². The Labute approximate surface area is 278 Å². The number of anilines is 2. The molecule has 0 spiro atoms. The number of ether oxygens (including phenoxy) is 2. The lowest BCUT2D eigenvalue weighted by Gasteiger charge is -2.22. The second-order valence-corrected chi connectivity index (χ2v) is 12.4. The fourth-order valence-corrected chi connectivity index (χ4v) is 5.31. The molecule has 1 aromatic carbocycles. The Bertz CT molecular complexity index is 1760. The number of fused-ring (bicyclic) bond motifs is 2. The van der Waals surface area contributed by atoms with Gasteiger partial charge in [-0.2, -0.15) is 0 Å². The molecule has 0 radical (unpaired) electrons. The van der Waals surface area contributed by atoms with E-state index in [1.54, 1.807) is 20.8 Å². The molecule has 1 aliphatic heterocycles. The molecule has 0 saturated heterocycles. The first-order valence-corrected chi connectivity index (χ1v) is 15.9. The van der Waals surface area contributed by atoms with Gasteiger partial charge in [-0.1, -0.05) is 27.7 Å². The largest absolute Gasteiger partial charge is 0.464 e. The molecule has 260 valence electrons. The van der Waals surface area contributed by atoms with E-state index in [1.807, 2.05) is 27.7 Å². The highest BCUT2D eigenvalue weighted by Crippen LogP contribution is 2.37. The van der Waals surface area contributed by atoms with Crippen LogP contribution in [0.2, 0.25) is 0 Å². The van der Waals surface area contributed by atoms with E-state index in [9.17, 15) is 28.8 Å². The number of benzene rings is 2. The quantitative estimate of drug-likeness (QED) is 0.117. The Hall–Kier alpha value is -5.01. The van der Waals surface area contributed by atoms with Gasteiger partial charge in [0.25, 0.3) is 11.8 Å². The molecule has 0 bridgehead atoms. The topological polar surface area (TPSA) is 209 Å². The van der Waals surface area contributed by atoms with Crippen LogP contribution in [0.5, 0.6) is 0 Å². The third-order valence-corrected chi connectivity index (χ3v) is 7.53. The van der Waals surface area contributed by atoms with Crippen LogP contribution in [0.15, 0.2) is 15.3 Å². The van der Waals surface area contributed by atoms with Crippen molar-refractivity contribution >= 4 is 52.1 Å². The summed E-state index contributed by atoms with van der Waals surface area (Å²) in [5, 5.41) is 8.02. The number of carbonyl (C=O) groups excluding carboxylic acids is 5. The van der Waals surface area contributed by atoms with Crippen LogP contribution in [0, 0.1) is 25.7 Å². The van der Waals surface area contributed by atoms with Crippen molar-refractivity contribution in [3.63, 3.8) is 0 Å². The monoisotopic (exact) mass is 667 g/mol. The summed E-state index contributed by atoms with van der Waals surface area (Å²) in [6.45, 7) is 15.4. The zero-order chi connectivity index (χ0) is 36.0. The van der Waals surface area contributed by atoms with Gasteiger partial charge in [-0.15, -0.1) is 0 Å². The number of amides is 3. The zero-order valence-electron chi connectivity index (χ0n) is 28.9. The van der Waals surface area contributed by atoms with Gasteiger partial charge in [-0.25, -0.2) is 14.6 Å². The van der Waals surface area contributed by atoms with Gasteiger partial charge in [0.05, 0.1) is 30.0 Å². The van der Waals surface area contributed by atoms with Gasteiger partial charge in [0.15, 0.2) is 11.3 Å². The molecule has 1 heterocycles. The van der Waals surface area contributed by atoms with Gasteiger partial charge in [-0.3, -0.25) is 19.2 Å². The highest BCUT2D eigenvalue weighted by molar-refractivity contribution is 6.11. The molecule has 5 N–H and O–H groups in total. The van der Waals surface area contributed by atoms with Crippen molar-refractivity contribution in [3.8, 4) is 11.5 Å². The van der Waals surface area contributed by atoms with Crippen molar-refractivity contribution < 1.29 is 37.9 Å². The Morgan fingerprint density at radius 2 is 1.40 bits per heavy atom. The van der Waals surface area contributed by atoms with Crippen molar-refractivity contribution in [2.45, 2.75) is 87.2 Å². The number of aromatic nitrogens is 1. The van der Waals surface area contributed by atoms with E-state index in [1.165, 1.54) is 19.9 Å². The first kappa shape index (κ1) is 37.4. The number of carbonyl (C=O) groups is 5. The summed E-state index contributed by atoms with van der Waals surface area (Å²) in [7, 11) is 0. The van der Waals surface area contributed by atoms with Gasteiger partial charge in [-0.05, 0) is 58.4 Å². The number of aryl methyl sites for hydroxylation is 1. The molecule has 1 aromatic rings. The summed E-state index contributed by atoms with van der Waals surface area (Å²) < 4.78 is 16.6. The normalized spacial score (nSPS) is 12.6. The second kappa shape index (κ2) is 15.7. The summed E-state index contributed by atoms with van der Waals surface area (Å²) in [6, 6.07) is -0.666. The highest BCUT2D eigenvalue weighted by Gasteiger charge is 2.33. The highest BCUT2D eigenvalue weighted by atomic mass is 16.5. The summed E-state index contributed by atoms with van der Waals surface area (Å²) >= 11 is 0. The fourth-order valence-electron chi connectivity index (χ4n) is 5.31. The minimum absolute atomic E-state index is 0.00469. The van der Waals surface area contributed by atoms with Crippen LogP contribution < -0.4 is 27.1 Å². The van der Waals surface area contributed by atoms with E-state index in [0.717, 1.165) is 0 Å². The van der Waals surface area contributed by atoms with Crippen LogP contribution in [-0.4, -0.2) is 59.9 Å². The average molecular weight is 668 g/mol. The molecule has 0 unspecified atom stereocenters. The summed E-state index contributed by atoms with van der Waals surface area (Å²) in [6.07, 6.45) is 0.519. The molecule has 48 heavy (non-hydrogen) atoms. The lowest BCUT2D eigenvalue weighted by Crippen LogP contribution is -2.43. The van der Waals surface area contributed by atoms with Gasteiger partial charge in [0.2, 0.25) is 11.3 Å². The van der Waals surface area contributed by atoms with Crippen LogP contribution >= 0.6 is 0 Å². The Kier molecular flexibility index (Phi) is 12.3. The molecule has 2 atom stereocenters. The van der Waals surface area contributed by atoms with Crippen molar-refractivity contribution in [2.75, 3.05) is 24.3 Å². The third kappa shape index (κ3) is 8.28. The molecular formula is C34H45N5O9. The van der Waals surface area contributed by atoms with E-state index in [4.69, 9.17) is 19.6 Å². The van der Waals surface area contributed by atoms with E-state index in [2.05, 4.69) is 20.9 Å². The van der Waals surface area contributed by atoms with Crippen LogP contribution in [0.1, 0.15) is 93.2 Å². The molecule has 1 aliphatic carbocycles. The maximum atomic E-state index is 13.9. The number of rotatable bonds is 13. The van der Waals surface area contributed by atoms with Crippen molar-refractivity contribution in [2.24, 2.45) is 11.8 Å². The number of nitrogens with one attached hydrogen (secondary N) is 3. The maximum Gasteiger partial charge on any atom is 0.328 e. The van der Waals surface area contributed by atoms with Gasteiger partial charge < -0.3 is 35.6 Å². The molecule has 0 fully saturated rings. The number of nitrogens with zero attached hydrogens (tertiary/aromatic N) is 1. The molecule has 0 saturated carbocycles. The van der Waals surface area contributed by atoms with Crippen molar-refractivity contribution in [1.82, 2.24) is 15.6 Å². The van der Waals surface area contributed by atoms with E-state index >= 15 is 0 Å². The maximum absolute atomic E-state index is 13.9. The lowest BCUT2D eigenvalue weighted by molar-refractivity contribution is -0.146. The number of hydrogen-bond donors (Lipinski definition) is 4. The molecule has 2 aliphatic rings. The molecule has 3 amide bonds. The van der Waals surface area contributed by atoms with Crippen molar-refractivity contribution in [3.05, 3.63) is 38.5 Å².